The van der Waals surface area contributed by atoms with E-state index < -0.39 is 5.97 Å². The number of nitrogens with zero attached hydrogens (tertiary/aromatic N) is 1. The van der Waals surface area contributed by atoms with E-state index in [1.165, 1.54) is 11.3 Å². The van der Waals surface area contributed by atoms with Crippen LogP contribution in [0.5, 0.6) is 0 Å². The Morgan fingerprint density at radius 3 is 2.62 bits per heavy atom. The van der Waals surface area contributed by atoms with Crippen molar-refractivity contribution >= 4 is 50.5 Å². The number of nitrogens with one attached hydrogen (secondary N) is 1. The molecule has 2 heterocycles. The molecule has 29 heavy (non-hydrogen) atoms. The van der Waals surface area contributed by atoms with Crippen LogP contribution in [-0.2, 0) is 16.0 Å². The van der Waals surface area contributed by atoms with E-state index in [9.17, 15) is 9.59 Å². The summed E-state index contributed by atoms with van der Waals surface area (Å²) in [5, 5.41) is 3.66. The van der Waals surface area contributed by atoms with E-state index in [1.807, 2.05) is 61.5 Å². The first-order valence-electron chi connectivity index (χ1n) is 9.14. The zero-order chi connectivity index (χ0) is 20.2. The molecule has 0 aliphatic rings. The van der Waals surface area contributed by atoms with Crippen LogP contribution < -0.4 is 5.32 Å². The first kappa shape index (κ1) is 19.3. The maximum absolute atomic E-state index is 12.3. The molecule has 4 rings (SSSR count). The molecular weight excluding hydrogens is 404 g/mol. The van der Waals surface area contributed by atoms with Crippen LogP contribution in [0.2, 0.25) is 0 Å². The van der Waals surface area contributed by atoms with Crippen molar-refractivity contribution in [2.45, 2.75) is 13.3 Å². The van der Waals surface area contributed by atoms with Gasteiger partial charge < -0.3 is 10.1 Å². The highest BCUT2D eigenvalue weighted by Crippen LogP contribution is 2.34. The molecule has 0 saturated heterocycles. The molecule has 0 aliphatic carbocycles. The predicted octanol–water partition coefficient (Wildman–Crippen LogP) is 5.38. The Bertz CT molecular complexity index is 1150. The number of amides is 1. The van der Waals surface area contributed by atoms with E-state index >= 15 is 0 Å². The molecule has 0 atom stereocenters. The van der Waals surface area contributed by atoms with E-state index in [0.29, 0.717) is 4.88 Å². The standard InChI is InChI=1S/C22H18N2O3S2/c1-2-14-7-3-4-8-15(14)23-20(25)13-27-22(26)19-12-11-18(28-19)21-24-16-9-5-6-10-17(16)29-21/h3-12H,2,13H2,1H3,(H,23,25). The largest absolute Gasteiger partial charge is 0.451 e. The van der Waals surface area contributed by atoms with Crippen molar-refractivity contribution in [3.8, 4) is 9.88 Å². The molecule has 5 nitrogen and oxygen atoms in total. The number of ether oxygens (including phenoxy) is 1. The van der Waals surface area contributed by atoms with Gasteiger partial charge in [-0.1, -0.05) is 37.3 Å². The smallest absolute Gasteiger partial charge is 0.348 e. The van der Waals surface area contributed by atoms with Gasteiger partial charge in [-0.05, 0) is 42.3 Å². The van der Waals surface area contributed by atoms with Crippen LogP contribution in [0.15, 0.2) is 60.7 Å². The topological polar surface area (TPSA) is 68.3 Å². The Morgan fingerprint density at radius 2 is 1.79 bits per heavy atom. The Kier molecular flexibility index (Phi) is 5.69. The molecule has 0 fully saturated rings. The highest BCUT2D eigenvalue weighted by molar-refractivity contribution is 7.26. The fourth-order valence-electron chi connectivity index (χ4n) is 2.88. The van der Waals surface area contributed by atoms with E-state index in [1.54, 1.807) is 17.4 Å². The molecule has 1 amide bonds. The normalized spacial score (nSPS) is 10.8. The maximum Gasteiger partial charge on any atom is 0.348 e. The number of carbonyl (C=O) groups excluding carboxylic acids is 2. The molecule has 0 bridgehead atoms. The predicted molar refractivity (Wildman–Crippen MR) is 118 cm³/mol. The highest BCUT2D eigenvalue weighted by atomic mass is 32.1. The fourth-order valence-corrected chi connectivity index (χ4v) is 4.80. The highest BCUT2D eigenvalue weighted by Gasteiger charge is 2.16. The SMILES string of the molecule is CCc1ccccc1NC(=O)COC(=O)c1ccc(-c2nc3ccccc3s2)s1. The van der Waals surface area contributed by atoms with Crippen molar-refractivity contribution < 1.29 is 14.3 Å². The van der Waals surface area contributed by atoms with E-state index in [-0.39, 0.29) is 12.5 Å². The van der Waals surface area contributed by atoms with Crippen LogP contribution in [0.25, 0.3) is 20.1 Å². The first-order valence-corrected chi connectivity index (χ1v) is 10.8. The number of aromatic nitrogens is 1. The third-order valence-corrected chi connectivity index (χ3v) is 6.59. The Morgan fingerprint density at radius 1 is 1.00 bits per heavy atom. The maximum atomic E-state index is 12.3. The zero-order valence-electron chi connectivity index (χ0n) is 15.7. The quantitative estimate of drug-likeness (QED) is 0.424. The van der Waals surface area contributed by atoms with Gasteiger partial charge in [0.1, 0.15) is 9.88 Å². The number of fused-ring (bicyclic) bond motifs is 1. The fraction of sp³-hybridized carbons (Fsp3) is 0.136. The van der Waals surface area contributed by atoms with Crippen molar-refractivity contribution in [3.63, 3.8) is 0 Å². The monoisotopic (exact) mass is 422 g/mol. The third kappa shape index (κ3) is 4.36. The summed E-state index contributed by atoms with van der Waals surface area (Å²) in [4.78, 5) is 30.4. The third-order valence-electron chi connectivity index (χ3n) is 4.32. The number of carbonyl (C=O) groups is 2. The van der Waals surface area contributed by atoms with Gasteiger partial charge in [-0.3, -0.25) is 4.79 Å². The molecule has 146 valence electrons. The van der Waals surface area contributed by atoms with Gasteiger partial charge in [0.15, 0.2) is 6.61 Å². The van der Waals surface area contributed by atoms with Gasteiger partial charge in [-0.25, -0.2) is 9.78 Å². The van der Waals surface area contributed by atoms with Gasteiger partial charge in [0.2, 0.25) is 0 Å². The summed E-state index contributed by atoms with van der Waals surface area (Å²) in [6.45, 7) is 1.69. The number of esters is 1. The first-order chi connectivity index (χ1) is 14.1. The summed E-state index contributed by atoms with van der Waals surface area (Å²) in [5.41, 5.74) is 2.71. The number of aryl methyl sites for hydroxylation is 1. The van der Waals surface area contributed by atoms with E-state index in [0.717, 1.165) is 37.8 Å². The van der Waals surface area contributed by atoms with Crippen LogP contribution in [0.1, 0.15) is 22.2 Å². The van der Waals surface area contributed by atoms with Gasteiger partial charge in [0.25, 0.3) is 5.91 Å². The second-order valence-electron chi connectivity index (χ2n) is 6.29. The van der Waals surface area contributed by atoms with Crippen molar-refractivity contribution in [1.82, 2.24) is 4.98 Å². The molecule has 1 N–H and O–H groups in total. The molecule has 0 aliphatic heterocycles. The molecule has 2 aromatic heterocycles. The van der Waals surface area contributed by atoms with Crippen molar-refractivity contribution in [2.75, 3.05) is 11.9 Å². The Labute approximate surface area is 176 Å². The molecule has 0 unspecified atom stereocenters. The number of thiazole rings is 1. The summed E-state index contributed by atoms with van der Waals surface area (Å²) in [6.07, 6.45) is 0.806. The van der Waals surface area contributed by atoms with Crippen LogP contribution >= 0.6 is 22.7 Å². The van der Waals surface area contributed by atoms with Gasteiger partial charge >= 0.3 is 5.97 Å². The Balaban J connectivity index is 1.38. The lowest BCUT2D eigenvalue weighted by atomic mass is 10.1. The van der Waals surface area contributed by atoms with Gasteiger partial charge in [-0.15, -0.1) is 22.7 Å². The van der Waals surface area contributed by atoms with Crippen LogP contribution in [-0.4, -0.2) is 23.5 Å². The summed E-state index contributed by atoms with van der Waals surface area (Å²) in [5.74, 6) is -0.872. The number of rotatable bonds is 6. The number of thiophene rings is 1. The van der Waals surface area contributed by atoms with Crippen molar-refractivity contribution in [1.29, 1.82) is 0 Å². The van der Waals surface area contributed by atoms with Gasteiger partial charge in [-0.2, -0.15) is 0 Å². The Hall–Kier alpha value is -3.03. The van der Waals surface area contributed by atoms with Crippen molar-refractivity contribution in [3.05, 3.63) is 71.1 Å². The molecule has 0 saturated carbocycles. The summed E-state index contributed by atoms with van der Waals surface area (Å²) >= 11 is 2.89. The minimum atomic E-state index is -0.513. The molecule has 2 aromatic carbocycles. The average Bonchev–Trinajstić information content (AvgIpc) is 3.39. The minimum absolute atomic E-state index is 0.328. The summed E-state index contributed by atoms with van der Waals surface area (Å²) in [6, 6.07) is 19.1. The molecule has 4 aromatic rings. The van der Waals surface area contributed by atoms with Gasteiger partial charge in [0.05, 0.1) is 15.1 Å². The molecule has 0 spiro atoms. The molecular formula is C22H18N2O3S2. The lowest BCUT2D eigenvalue weighted by molar-refractivity contribution is -0.119. The number of benzene rings is 2. The van der Waals surface area contributed by atoms with E-state index in [4.69, 9.17) is 4.74 Å². The van der Waals surface area contributed by atoms with Crippen LogP contribution in [0, 0.1) is 0 Å². The van der Waals surface area contributed by atoms with Crippen LogP contribution in [0.3, 0.4) is 0 Å². The number of hydrogen-bond donors (Lipinski definition) is 1. The molecule has 7 heteroatoms. The van der Waals surface area contributed by atoms with E-state index in [2.05, 4.69) is 10.3 Å². The second kappa shape index (κ2) is 8.55. The number of para-hydroxylation sites is 2. The lowest BCUT2D eigenvalue weighted by Gasteiger charge is -2.09. The minimum Gasteiger partial charge on any atom is -0.451 e. The summed E-state index contributed by atoms with van der Waals surface area (Å²) < 4.78 is 6.29. The number of anilines is 1. The zero-order valence-corrected chi connectivity index (χ0v) is 17.3. The second-order valence-corrected chi connectivity index (χ2v) is 8.40. The van der Waals surface area contributed by atoms with Gasteiger partial charge in [0, 0.05) is 5.69 Å². The lowest BCUT2D eigenvalue weighted by Crippen LogP contribution is -2.21. The van der Waals surface area contributed by atoms with Crippen molar-refractivity contribution in [2.24, 2.45) is 0 Å². The van der Waals surface area contributed by atoms with Crippen LogP contribution in [0.4, 0.5) is 5.69 Å². The molecule has 0 radical (unpaired) electrons. The summed E-state index contributed by atoms with van der Waals surface area (Å²) in [7, 11) is 0. The number of hydrogen-bond acceptors (Lipinski definition) is 6. The average molecular weight is 423 g/mol.